The molecule has 32 heavy (non-hydrogen) atoms. The number of aliphatic hydroxyl groups is 1. The van der Waals surface area contributed by atoms with Gasteiger partial charge in [0.1, 0.15) is 11.6 Å². The molecule has 0 radical (unpaired) electrons. The summed E-state index contributed by atoms with van der Waals surface area (Å²) in [6, 6.07) is 14.3. The van der Waals surface area contributed by atoms with Gasteiger partial charge in [0.25, 0.3) is 0 Å². The third kappa shape index (κ3) is 3.98. The number of hydrogen-bond donors (Lipinski definition) is 1. The monoisotopic (exact) mass is 456 g/mol. The summed E-state index contributed by atoms with van der Waals surface area (Å²) in [6.45, 7) is 4.35. The topological polar surface area (TPSA) is 45.6 Å². The first-order valence-corrected chi connectivity index (χ1v) is 11.2. The minimum Gasteiger partial charge on any atom is -0.497 e. The fourth-order valence-corrected chi connectivity index (χ4v) is 5.59. The Kier molecular flexibility index (Phi) is 6.70. The normalized spacial score (nSPS) is 25.4. The molecule has 6 rings (SSSR count). The van der Waals surface area contributed by atoms with Crippen molar-refractivity contribution in [1.29, 1.82) is 0 Å². The molecule has 0 spiro atoms. The number of methoxy groups -OCH3 is 1. The molecule has 0 saturated carbocycles. The molecule has 4 nitrogen and oxygen atoms in total. The molecule has 3 saturated heterocycles. The van der Waals surface area contributed by atoms with Crippen LogP contribution in [0.1, 0.15) is 37.9 Å². The van der Waals surface area contributed by atoms with Crippen molar-refractivity contribution in [3.63, 3.8) is 0 Å². The van der Waals surface area contributed by atoms with E-state index >= 15 is 0 Å². The van der Waals surface area contributed by atoms with E-state index < -0.39 is 6.10 Å². The lowest BCUT2D eigenvalue weighted by Crippen LogP contribution is -2.55. The molecule has 0 amide bonds. The summed E-state index contributed by atoms with van der Waals surface area (Å²) < 4.78 is 20.0. The summed E-state index contributed by atoms with van der Waals surface area (Å²) in [5.74, 6) is 1.80. The lowest BCUT2D eigenvalue weighted by Gasteiger charge is -2.51. The van der Waals surface area contributed by atoms with Crippen LogP contribution in [-0.4, -0.2) is 41.2 Å². The second-order valence-corrected chi connectivity index (χ2v) is 8.92. The summed E-state index contributed by atoms with van der Waals surface area (Å²) >= 11 is 0. The van der Waals surface area contributed by atoms with Gasteiger partial charge in [-0.1, -0.05) is 25.5 Å². The van der Waals surface area contributed by atoms with Crippen LogP contribution in [0, 0.1) is 17.7 Å². The number of rotatable bonds is 5. The molecule has 1 aromatic heterocycles. The van der Waals surface area contributed by atoms with E-state index in [-0.39, 0.29) is 24.3 Å². The van der Waals surface area contributed by atoms with E-state index in [9.17, 15) is 9.50 Å². The van der Waals surface area contributed by atoms with Crippen LogP contribution in [0.25, 0.3) is 22.2 Å². The molecule has 3 fully saturated rings. The molecular weight excluding hydrogens is 427 g/mol. The Balaban J connectivity index is 0.00000245. The van der Waals surface area contributed by atoms with Gasteiger partial charge in [-0.15, -0.1) is 12.4 Å². The van der Waals surface area contributed by atoms with Crippen molar-refractivity contribution in [3.05, 3.63) is 59.9 Å². The second-order valence-electron chi connectivity index (χ2n) is 8.92. The van der Waals surface area contributed by atoms with Gasteiger partial charge in [0.15, 0.2) is 0 Å². The Hall–Kier alpha value is -2.21. The first-order chi connectivity index (χ1) is 15.1. The van der Waals surface area contributed by atoms with Gasteiger partial charge in [-0.05, 0) is 73.2 Å². The highest BCUT2D eigenvalue weighted by Crippen LogP contribution is 2.43. The highest BCUT2D eigenvalue weighted by atomic mass is 35.5. The van der Waals surface area contributed by atoms with E-state index in [2.05, 4.69) is 11.8 Å². The summed E-state index contributed by atoms with van der Waals surface area (Å²) in [6.07, 6.45) is 2.75. The van der Waals surface area contributed by atoms with Crippen LogP contribution >= 0.6 is 12.4 Å². The zero-order valence-corrected chi connectivity index (χ0v) is 19.3. The van der Waals surface area contributed by atoms with Crippen LogP contribution in [-0.2, 0) is 0 Å². The zero-order valence-electron chi connectivity index (χ0n) is 18.5. The molecule has 170 valence electrons. The van der Waals surface area contributed by atoms with E-state index in [0.29, 0.717) is 17.2 Å². The second kappa shape index (κ2) is 9.34. The number of aliphatic hydroxyl groups excluding tert-OH is 1. The number of aromatic nitrogens is 1. The molecule has 2 bridgehead atoms. The molecule has 1 unspecified atom stereocenters. The van der Waals surface area contributed by atoms with Crippen LogP contribution in [0.2, 0.25) is 0 Å². The van der Waals surface area contributed by atoms with Gasteiger partial charge in [-0.3, -0.25) is 4.90 Å². The van der Waals surface area contributed by atoms with Crippen LogP contribution in [0.15, 0.2) is 48.5 Å². The largest absolute Gasteiger partial charge is 0.497 e. The Morgan fingerprint density at radius 3 is 2.72 bits per heavy atom. The van der Waals surface area contributed by atoms with Gasteiger partial charge in [-0.25, -0.2) is 9.37 Å². The quantitative estimate of drug-likeness (QED) is 0.540. The molecule has 4 heterocycles. The molecule has 6 heteroatoms. The molecule has 2 aromatic carbocycles. The smallest absolute Gasteiger partial charge is 0.132 e. The fourth-order valence-electron chi connectivity index (χ4n) is 5.59. The average molecular weight is 457 g/mol. The van der Waals surface area contributed by atoms with Crippen molar-refractivity contribution in [2.45, 2.75) is 38.3 Å². The standard InChI is InChI=1S/C26H29FN2O2.ClH/c1-3-16-15-29-11-10-17(16)12-25(29)26(30)21-14-24(19-6-4-5-7-22(19)27)28-23-9-8-18(31-2)13-20(21)23;/h4-9,13-14,16-17,25-26,30H,3,10-12,15H2,1-2H3;1H/t16-,17+,25-,26+;/m0./s1. The number of nitrogens with zero attached hydrogens (tertiary/aromatic N) is 2. The summed E-state index contributed by atoms with van der Waals surface area (Å²) in [5, 5.41) is 12.5. The summed E-state index contributed by atoms with van der Waals surface area (Å²) in [7, 11) is 1.63. The minimum atomic E-state index is -0.663. The molecular formula is C26H30ClFN2O2. The Bertz CT molecular complexity index is 1110. The SMILES string of the molecule is CC[C@H]1CN2CC[C@@H]1C[C@H]2[C@H](O)c1cc(-c2ccccc2F)nc2ccc(OC)cc12.Cl. The third-order valence-corrected chi connectivity index (χ3v) is 7.34. The highest BCUT2D eigenvalue weighted by molar-refractivity contribution is 5.87. The van der Waals surface area contributed by atoms with Crippen molar-refractivity contribution in [3.8, 4) is 17.0 Å². The maximum absolute atomic E-state index is 14.6. The van der Waals surface area contributed by atoms with Crippen molar-refractivity contribution >= 4 is 23.3 Å². The van der Waals surface area contributed by atoms with E-state index in [1.54, 1.807) is 19.2 Å². The average Bonchev–Trinajstić information content (AvgIpc) is 2.83. The number of hydrogen-bond acceptors (Lipinski definition) is 4. The predicted octanol–water partition coefficient (Wildman–Crippen LogP) is 5.63. The molecule has 1 N–H and O–H groups in total. The van der Waals surface area contributed by atoms with Crippen molar-refractivity contribution in [2.24, 2.45) is 11.8 Å². The Labute approximate surface area is 194 Å². The Morgan fingerprint density at radius 1 is 1.22 bits per heavy atom. The van der Waals surface area contributed by atoms with E-state index in [1.165, 1.54) is 18.9 Å². The van der Waals surface area contributed by atoms with E-state index in [4.69, 9.17) is 9.72 Å². The Morgan fingerprint density at radius 2 is 2.03 bits per heavy atom. The number of fused-ring (bicyclic) bond motifs is 4. The van der Waals surface area contributed by atoms with Crippen LogP contribution in [0.4, 0.5) is 4.39 Å². The maximum atomic E-state index is 14.6. The van der Waals surface area contributed by atoms with Gasteiger partial charge >= 0.3 is 0 Å². The lowest BCUT2D eigenvalue weighted by molar-refractivity contribution is -0.0562. The van der Waals surface area contributed by atoms with Crippen molar-refractivity contribution in [2.75, 3.05) is 20.2 Å². The van der Waals surface area contributed by atoms with Crippen LogP contribution < -0.4 is 4.74 Å². The first-order valence-electron chi connectivity index (χ1n) is 11.2. The van der Waals surface area contributed by atoms with Crippen molar-refractivity contribution < 1.29 is 14.2 Å². The zero-order chi connectivity index (χ0) is 21.5. The lowest BCUT2D eigenvalue weighted by atomic mass is 9.72. The summed E-state index contributed by atoms with van der Waals surface area (Å²) in [4.78, 5) is 7.18. The first kappa shape index (κ1) is 23.0. The van der Waals surface area contributed by atoms with Gasteiger partial charge in [0.05, 0.1) is 24.4 Å². The van der Waals surface area contributed by atoms with Gasteiger partial charge in [0, 0.05) is 23.5 Å². The highest BCUT2D eigenvalue weighted by Gasteiger charge is 2.42. The van der Waals surface area contributed by atoms with Crippen LogP contribution in [0.5, 0.6) is 5.75 Å². The molecule has 3 aliphatic heterocycles. The number of piperidine rings is 3. The van der Waals surface area contributed by atoms with Crippen LogP contribution in [0.3, 0.4) is 0 Å². The predicted molar refractivity (Wildman–Crippen MR) is 128 cm³/mol. The minimum absolute atomic E-state index is 0. The molecule has 0 aliphatic carbocycles. The number of pyridine rings is 1. The maximum Gasteiger partial charge on any atom is 0.132 e. The summed E-state index contributed by atoms with van der Waals surface area (Å²) in [5.41, 5.74) is 2.53. The van der Waals surface area contributed by atoms with Gasteiger partial charge in [-0.2, -0.15) is 0 Å². The van der Waals surface area contributed by atoms with E-state index in [1.807, 2.05) is 30.3 Å². The molecule has 3 aliphatic rings. The number of benzene rings is 2. The number of halogens is 2. The molecule has 3 aromatic rings. The van der Waals surface area contributed by atoms with Crippen molar-refractivity contribution in [1.82, 2.24) is 9.88 Å². The van der Waals surface area contributed by atoms with Gasteiger partial charge in [0.2, 0.25) is 0 Å². The van der Waals surface area contributed by atoms with Gasteiger partial charge < -0.3 is 9.84 Å². The molecule has 5 atom stereocenters. The number of ether oxygens (including phenoxy) is 1. The van der Waals surface area contributed by atoms with E-state index in [0.717, 1.165) is 47.6 Å². The fraction of sp³-hybridized carbons (Fsp3) is 0.423. The third-order valence-electron chi connectivity index (χ3n) is 7.34.